The number of hydrogen-bond donors (Lipinski definition) is 2. The van der Waals surface area contributed by atoms with Crippen LogP contribution < -0.4 is 4.74 Å². The van der Waals surface area contributed by atoms with E-state index in [-0.39, 0.29) is 30.0 Å². The van der Waals surface area contributed by atoms with Gasteiger partial charge in [0.05, 0.1) is 44.0 Å². The van der Waals surface area contributed by atoms with Crippen molar-refractivity contribution in [3.63, 3.8) is 0 Å². The molecule has 2 aliphatic heterocycles. The number of carboxylic acids is 2. The van der Waals surface area contributed by atoms with Gasteiger partial charge in [-0.1, -0.05) is 6.07 Å². The van der Waals surface area contributed by atoms with E-state index in [0.29, 0.717) is 38.5 Å². The van der Waals surface area contributed by atoms with E-state index in [4.69, 9.17) is 19.7 Å². The third-order valence-electron chi connectivity index (χ3n) is 4.84. The lowest BCUT2D eigenvalue weighted by Gasteiger charge is -2.46. The largest absolute Gasteiger partial charge is 0.487 e. The molecule has 182 valence electrons. The topological polar surface area (TPSA) is 117 Å². The SMILES string of the molecule is CC1COCC(C)N1C(=O)N1CC(Oc2cccc(C(F)(F)F)c2)C1.O=C(O)C=CC(=O)O. The normalized spacial score (nSPS) is 21.1. The Bertz CT molecular complexity index is 859. The first-order valence-corrected chi connectivity index (χ1v) is 10.0. The number of hydrogen-bond acceptors (Lipinski definition) is 5. The van der Waals surface area contributed by atoms with Crippen molar-refractivity contribution in [2.75, 3.05) is 26.3 Å². The highest BCUT2D eigenvalue weighted by Gasteiger charge is 2.39. The van der Waals surface area contributed by atoms with Gasteiger partial charge >= 0.3 is 24.1 Å². The summed E-state index contributed by atoms with van der Waals surface area (Å²) in [6.45, 7) is 5.62. The van der Waals surface area contributed by atoms with E-state index in [9.17, 15) is 27.6 Å². The Morgan fingerprint density at radius 2 is 1.61 bits per heavy atom. The molecule has 1 aromatic rings. The second kappa shape index (κ2) is 11.0. The van der Waals surface area contributed by atoms with Gasteiger partial charge in [-0.05, 0) is 32.0 Å². The van der Waals surface area contributed by atoms with Crippen LogP contribution in [-0.2, 0) is 20.5 Å². The van der Waals surface area contributed by atoms with E-state index in [1.54, 1.807) is 9.80 Å². The second-order valence-corrected chi connectivity index (χ2v) is 7.61. The number of ether oxygens (including phenoxy) is 2. The van der Waals surface area contributed by atoms with Crippen LogP contribution in [0.5, 0.6) is 5.75 Å². The predicted molar refractivity (Wildman–Crippen MR) is 109 cm³/mol. The third kappa shape index (κ3) is 7.67. The van der Waals surface area contributed by atoms with Crippen LogP contribution in [-0.4, -0.2) is 82.5 Å². The number of alkyl halides is 3. The fourth-order valence-corrected chi connectivity index (χ4v) is 3.29. The van der Waals surface area contributed by atoms with Crippen molar-refractivity contribution in [1.82, 2.24) is 9.80 Å². The van der Waals surface area contributed by atoms with Crippen molar-refractivity contribution in [3.05, 3.63) is 42.0 Å². The van der Waals surface area contributed by atoms with Gasteiger partial charge in [-0.2, -0.15) is 13.2 Å². The minimum Gasteiger partial charge on any atom is -0.487 e. The zero-order valence-electron chi connectivity index (χ0n) is 18.0. The molecule has 0 saturated carbocycles. The summed E-state index contributed by atoms with van der Waals surface area (Å²) in [7, 11) is 0. The zero-order valence-corrected chi connectivity index (χ0v) is 18.0. The van der Waals surface area contributed by atoms with Gasteiger partial charge < -0.3 is 29.5 Å². The Kier molecular flexibility index (Phi) is 8.69. The van der Waals surface area contributed by atoms with E-state index in [1.165, 1.54) is 12.1 Å². The summed E-state index contributed by atoms with van der Waals surface area (Å²) in [6, 6.07) is 4.72. The maximum atomic E-state index is 12.7. The molecule has 2 atom stereocenters. The summed E-state index contributed by atoms with van der Waals surface area (Å²) in [5.74, 6) is -2.35. The summed E-state index contributed by atoms with van der Waals surface area (Å²) in [4.78, 5) is 35.1. The Balaban J connectivity index is 0.000000414. The number of benzene rings is 1. The van der Waals surface area contributed by atoms with Crippen LogP contribution in [0.25, 0.3) is 0 Å². The molecule has 1 aromatic carbocycles. The quantitative estimate of drug-likeness (QED) is 0.645. The van der Waals surface area contributed by atoms with Gasteiger partial charge in [0.25, 0.3) is 0 Å². The van der Waals surface area contributed by atoms with Crippen LogP contribution in [0.1, 0.15) is 19.4 Å². The van der Waals surface area contributed by atoms with Crippen LogP contribution in [0.4, 0.5) is 18.0 Å². The Labute approximate surface area is 188 Å². The molecule has 3 rings (SSSR count). The number of likely N-dealkylation sites (tertiary alicyclic amines) is 1. The maximum Gasteiger partial charge on any atom is 0.416 e. The van der Waals surface area contributed by atoms with Crippen molar-refractivity contribution < 1.29 is 47.2 Å². The van der Waals surface area contributed by atoms with Crippen LogP contribution in [0.15, 0.2) is 36.4 Å². The van der Waals surface area contributed by atoms with Gasteiger partial charge in [-0.25, -0.2) is 14.4 Å². The molecular weight excluding hydrogens is 449 g/mol. The smallest absolute Gasteiger partial charge is 0.416 e. The first kappa shape index (κ1) is 26.0. The average molecular weight is 474 g/mol. The van der Waals surface area contributed by atoms with E-state index in [0.717, 1.165) is 12.1 Å². The summed E-state index contributed by atoms with van der Waals surface area (Å²) < 4.78 is 49.2. The highest BCUT2D eigenvalue weighted by molar-refractivity contribution is 5.89. The molecule has 2 unspecified atom stereocenters. The Morgan fingerprint density at radius 1 is 1.06 bits per heavy atom. The monoisotopic (exact) mass is 474 g/mol. The van der Waals surface area contributed by atoms with Crippen LogP contribution >= 0.6 is 0 Å². The number of halogens is 3. The van der Waals surface area contributed by atoms with Gasteiger partial charge in [0.1, 0.15) is 11.9 Å². The molecule has 0 aromatic heterocycles. The molecule has 0 aliphatic carbocycles. The van der Waals surface area contributed by atoms with E-state index in [2.05, 4.69) is 0 Å². The number of carbonyl (C=O) groups excluding carboxylic acids is 1. The standard InChI is InChI=1S/C17H21F3N2O3.C4H4O4/c1-11-9-24-10-12(2)22(11)16(23)21-7-15(8-21)25-14-5-3-4-13(6-14)17(18,19)20;5-3(6)1-2-4(7)8/h3-6,11-12,15H,7-10H2,1-2H3;1-2H,(H,5,6)(H,7,8). The number of carbonyl (C=O) groups is 3. The molecule has 2 heterocycles. The molecule has 0 radical (unpaired) electrons. The Morgan fingerprint density at radius 3 is 2.09 bits per heavy atom. The van der Waals surface area contributed by atoms with Gasteiger partial charge in [-0.15, -0.1) is 0 Å². The van der Waals surface area contributed by atoms with Gasteiger partial charge in [0.15, 0.2) is 0 Å². The number of urea groups is 1. The van der Waals surface area contributed by atoms with Crippen molar-refractivity contribution in [1.29, 1.82) is 0 Å². The maximum absolute atomic E-state index is 12.7. The van der Waals surface area contributed by atoms with Crippen molar-refractivity contribution >= 4 is 18.0 Å². The van der Waals surface area contributed by atoms with E-state index >= 15 is 0 Å². The lowest BCUT2D eigenvalue weighted by molar-refractivity contribution is -0.137. The van der Waals surface area contributed by atoms with Gasteiger partial charge in [0.2, 0.25) is 0 Å². The minimum atomic E-state index is -4.40. The molecule has 12 heteroatoms. The van der Waals surface area contributed by atoms with Crippen LogP contribution in [0, 0.1) is 0 Å². The number of aliphatic carboxylic acids is 2. The first-order chi connectivity index (χ1) is 15.4. The summed E-state index contributed by atoms with van der Waals surface area (Å²) in [5.41, 5.74) is -0.742. The first-order valence-electron chi connectivity index (χ1n) is 10.0. The summed E-state index contributed by atoms with van der Waals surface area (Å²) in [6.07, 6.45) is -3.58. The van der Waals surface area contributed by atoms with E-state index < -0.39 is 23.7 Å². The minimum absolute atomic E-state index is 0.000291. The lowest BCUT2D eigenvalue weighted by atomic mass is 10.1. The summed E-state index contributed by atoms with van der Waals surface area (Å²) >= 11 is 0. The number of rotatable bonds is 4. The lowest BCUT2D eigenvalue weighted by Crippen LogP contribution is -2.64. The zero-order chi connectivity index (χ0) is 24.8. The van der Waals surface area contributed by atoms with Crippen molar-refractivity contribution in [3.8, 4) is 5.75 Å². The molecule has 0 bridgehead atoms. The van der Waals surface area contributed by atoms with Crippen LogP contribution in [0.2, 0.25) is 0 Å². The van der Waals surface area contributed by atoms with Gasteiger partial charge in [-0.3, -0.25) is 0 Å². The Hall–Kier alpha value is -3.28. The van der Waals surface area contributed by atoms with Crippen molar-refractivity contribution in [2.45, 2.75) is 38.2 Å². The van der Waals surface area contributed by atoms with Gasteiger partial charge in [0, 0.05) is 12.2 Å². The molecule has 2 aliphatic rings. The number of carboxylic acid groups (broad SMARTS) is 2. The molecule has 2 N–H and O–H groups in total. The van der Waals surface area contributed by atoms with Crippen molar-refractivity contribution in [2.24, 2.45) is 0 Å². The number of morpholine rings is 1. The highest BCUT2D eigenvalue weighted by atomic mass is 19.4. The van der Waals surface area contributed by atoms with Crippen LogP contribution in [0.3, 0.4) is 0 Å². The molecular formula is C21H25F3N2O7. The number of nitrogens with zero attached hydrogens (tertiary/aromatic N) is 2. The highest BCUT2D eigenvalue weighted by Crippen LogP contribution is 2.32. The predicted octanol–water partition coefficient (Wildman–Crippen LogP) is 2.71. The fraction of sp³-hybridized carbons (Fsp3) is 0.476. The fourth-order valence-electron chi connectivity index (χ4n) is 3.29. The molecule has 9 nitrogen and oxygen atoms in total. The summed E-state index contributed by atoms with van der Waals surface area (Å²) in [5, 5.41) is 15.6. The average Bonchev–Trinajstić information content (AvgIpc) is 2.68. The molecule has 0 spiro atoms. The molecule has 2 amide bonds. The molecule has 2 saturated heterocycles. The third-order valence-corrected chi connectivity index (χ3v) is 4.84. The molecule has 33 heavy (non-hydrogen) atoms. The second-order valence-electron chi connectivity index (χ2n) is 7.61. The number of amides is 2. The molecule has 2 fully saturated rings. The van der Waals surface area contributed by atoms with E-state index in [1.807, 2.05) is 13.8 Å².